The number of ether oxygens (including phenoxy) is 10. The number of esters is 4. The Morgan fingerprint density at radius 2 is 0.926 bits per heavy atom. The smallest absolute Gasteiger partial charge is 0.459 e. The Morgan fingerprint density at radius 3 is 1.42 bits per heavy atom. The number of fused-ring (bicyclic) bond motifs is 7. The molecule has 16 rings (SSSR count). The SMILES string of the molecule is CCCCc1ccc(C(=O)O[C@@H]2CO[C@H]3[C@@H]2OC[C@@H]3OC(=O)c2ccc(C)cc2)cc1.CCCCc1ccc(C2COC(c3ccc(N4CCN(C)CC4)cc3)OC2)cc1.CCCc1ccc(C(=O)OC2CC3CC(OC(=O)c4ccc(C)cc4)CC3C2)cc1.COC(=O)OC1CC[C@]2(C)C(C=CC3[C@H]4CC[C@@H](C(C)CCCC(C)C)[C@]4(C)CC[C@H]32)C1. The molecule has 4 aliphatic heterocycles. The fourth-order valence-electron chi connectivity index (χ4n) is 21.9. The average Bonchev–Trinajstić information content (AvgIpc) is 1.46. The lowest BCUT2D eigenvalue weighted by atomic mass is 9.46. The first kappa shape index (κ1) is 91.5. The van der Waals surface area contributed by atoms with Gasteiger partial charge in [0, 0.05) is 43.3 Å². The summed E-state index contributed by atoms with van der Waals surface area (Å²) >= 11 is 0. The van der Waals surface area contributed by atoms with E-state index in [9.17, 15) is 24.0 Å². The average molecular weight is 1670 g/mol. The Balaban J connectivity index is 0.000000140. The van der Waals surface area contributed by atoms with Crippen LogP contribution in [-0.2, 0) is 66.6 Å². The van der Waals surface area contributed by atoms with E-state index in [1.54, 1.807) is 24.3 Å². The highest BCUT2D eigenvalue weighted by atomic mass is 16.7. The normalized spacial score (nSPS) is 29.4. The third kappa shape index (κ3) is 23.3. The van der Waals surface area contributed by atoms with Crippen molar-refractivity contribution in [3.8, 4) is 0 Å². The summed E-state index contributed by atoms with van der Waals surface area (Å²) in [4.78, 5) is 66.3. The molecule has 0 radical (unpaired) electrons. The third-order valence-electron chi connectivity index (χ3n) is 29.2. The van der Waals surface area contributed by atoms with Crippen molar-refractivity contribution in [2.75, 3.05) is 71.7 Å². The van der Waals surface area contributed by atoms with Gasteiger partial charge in [0.05, 0.1) is 55.8 Å². The summed E-state index contributed by atoms with van der Waals surface area (Å²) in [6.07, 6.45) is 27.8. The summed E-state index contributed by atoms with van der Waals surface area (Å²) in [5, 5.41) is 0. The molecule has 122 heavy (non-hydrogen) atoms. The number of carbonyl (C=O) groups excluding carboxylic acids is 5. The lowest BCUT2D eigenvalue weighted by molar-refractivity contribution is -0.191. The maximum Gasteiger partial charge on any atom is 0.508 e. The Bertz CT molecular complexity index is 4330. The number of rotatable bonds is 25. The van der Waals surface area contributed by atoms with Crippen molar-refractivity contribution in [3.63, 3.8) is 0 Å². The van der Waals surface area contributed by atoms with Crippen molar-refractivity contribution >= 4 is 35.7 Å². The minimum absolute atomic E-state index is 0.0122. The van der Waals surface area contributed by atoms with Crippen LogP contribution < -0.4 is 4.90 Å². The standard InChI is InChI=1S/C29H48O3.C26H30O4.C25H34N2O2.C25H28O6/c1-19(2)8-7-9-20(3)24-12-13-25-23-11-10-21-18-22(32-27(30)31-6)14-16-28(21,4)26(23)15-17-29(24,25)5;1-3-4-18-7-11-20(12-8-18)26(28)30-24-15-21-13-23(14-22(21)16-24)29-25(27)19-9-5-17(2)6-10-19;1-3-4-5-20-6-8-21(9-7-20)23-18-28-25(29-19-23)22-10-12-24(13-11-22)27-16-14-26(2)15-17-27;1-3-4-5-17-8-12-19(13-9-17)25(27)31-21-15-29-22-20(14-28-23(21)22)30-24(26)18-10-6-16(2)7-11-18/h10-11,19-26H,7-9,12-18H2,1-6H3;5-12,21-24H,3-4,13-16H2,1-2H3;6-13,23,25H,3-5,14-19H2,1-2H3;6-13,20-23H,3-5,14-15H2,1-2H3/t20?,21?,22?,23?,24-,25+,26+,28+,29-;;;20-,21+,22+,23+/m0..0/s1. The first-order chi connectivity index (χ1) is 59.0. The van der Waals surface area contributed by atoms with Gasteiger partial charge in [-0.2, -0.15) is 0 Å². The molecule has 0 amide bonds. The second-order valence-electron chi connectivity index (χ2n) is 38.2. The number of nitrogens with zero attached hydrogens (tertiary/aromatic N) is 2. The molecule has 17 nitrogen and oxygen atoms in total. The molecule has 0 aromatic heterocycles. The summed E-state index contributed by atoms with van der Waals surface area (Å²) in [5.74, 6) is 5.49. The van der Waals surface area contributed by atoms with Crippen LogP contribution in [0.25, 0.3) is 0 Å². The summed E-state index contributed by atoms with van der Waals surface area (Å²) < 4.78 is 56.8. The highest BCUT2D eigenvalue weighted by Crippen LogP contribution is 2.67. The zero-order valence-electron chi connectivity index (χ0n) is 75.1. The number of allylic oxidation sites excluding steroid dienone is 2. The second-order valence-corrected chi connectivity index (χ2v) is 38.2. The van der Waals surface area contributed by atoms with Crippen molar-refractivity contribution < 1.29 is 71.3 Å². The molecule has 4 heterocycles. The molecule has 0 N–H and O–H groups in total. The molecule has 660 valence electrons. The van der Waals surface area contributed by atoms with E-state index < -0.39 is 42.5 Å². The molecule has 17 heteroatoms. The maximum atomic E-state index is 12.6. The molecule has 0 bridgehead atoms. The number of hydrogen-bond donors (Lipinski definition) is 0. The van der Waals surface area contributed by atoms with Gasteiger partial charge >= 0.3 is 30.0 Å². The summed E-state index contributed by atoms with van der Waals surface area (Å²) in [5.41, 5.74) is 12.9. The minimum atomic E-state index is -0.527. The van der Waals surface area contributed by atoms with Gasteiger partial charge in [0.2, 0.25) is 0 Å². The second kappa shape index (κ2) is 43.1. The van der Waals surface area contributed by atoms with Crippen LogP contribution in [0.3, 0.4) is 0 Å². The summed E-state index contributed by atoms with van der Waals surface area (Å²) in [6, 6.07) is 47.7. The number of likely N-dealkylation sites (N-methyl/N-ethyl adjacent to an activating group) is 1. The number of methoxy groups -OCH3 is 1. The predicted octanol–water partition coefficient (Wildman–Crippen LogP) is 22.1. The number of benzene rings is 6. The van der Waals surface area contributed by atoms with Crippen LogP contribution >= 0.6 is 0 Å². The quantitative estimate of drug-likeness (QED) is 0.0299. The van der Waals surface area contributed by atoms with Crippen molar-refractivity contribution in [3.05, 3.63) is 219 Å². The molecule has 4 saturated heterocycles. The van der Waals surface area contributed by atoms with E-state index in [0.29, 0.717) is 70.0 Å². The van der Waals surface area contributed by atoms with Gasteiger partial charge in [-0.25, -0.2) is 24.0 Å². The zero-order valence-corrected chi connectivity index (χ0v) is 75.1. The van der Waals surface area contributed by atoms with Crippen LogP contribution in [0.15, 0.2) is 158 Å². The molecule has 9 fully saturated rings. The molecule has 6 unspecified atom stereocenters. The number of anilines is 1. The molecule has 15 atom stereocenters. The van der Waals surface area contributed by atoms with Crippen LogP contribution in [0.5, 0.6) is 0 Å². The predicted molar refractivity (Wildman–Crippen MR) is 478 cm³/mol. The Labute approximate surface area is 728 Å². The van der Waals surface area contributed by atoms with E-state index in [1.165, 1.54) is 106 Å². The van der Waals surface area contributed by atoms with Gasteiger partial charge < -0.3 is 57.2 Å². The lowest BCUT2D eigenvalue weighted by Crippen LogP contribution is -2.52. The van der Waals surface area contributed by atoms with Gasteiger partial charge in [-0.05, 0) is 271 Å². The Morgan fingerprint density at radius 1 is 0.459 bits per heavy atom. The fourth-order valence-corrected chi connectivity index (χ4v) is 21.9. The van der Waals surface area contributed by atoms with E-state index in [1.807, 2.05) is 86.6 Å². The molecule has 10 aliphatic rings. The van der Waals surface area contributed by atoms with Crippen LogP contribution in [0.2, 0.25) is 0 Å². The van der Waals surface area contributed by atoms with Gasteiger partial charge in [-0.1, -0.05) is 202 Å². The molecule has 6 aromatic rings. The number of carbonyl (C=O) groups is 5. The largest absolute Gasteiger partial charge is 0.508 e. The zero-order chi connectivity index (χ0) is 86.0. The summed E-state index contributed by atoms with van der Waals surface area (Å²) in [6.45, 7) is 29.2. The van der Waals surface area contributed by atoms with E-state index >= 15 is 0 Å². The van der Waals surface area contributed by atoms with Crippen LogP contribution in [-0.4, -0.2) is 144 Å². The van der Waals surface area contributed by atoms with E-state index in [-0.39, 0.29) is 49.8 Å². The molecule has 6 aromatic carbocycles. The van der Waals surface area contributed by atoms with E-state index in [0.717, 1.165) is 149 Å². The monoisotopic (exact) mass is 1670 g/mol. The van der Waals surface area contributed by atoms with Crippen molar-refractivity contribution in [2.45, 2.75) is 265 Å². The van der Waals surface area contributed by atoms with Gasteiger partial charge in [-0.15, -0.1) is 0 Å². The van der Waals surface area contributed by atoms with Crippen molar-refractivity contribution in [1.82, 2.24) is 4.90 Å². The first-order valence-corrected chi connectivity index (χ1v) is 46.6. The molecule has 6 aliphatic carbocycles. The van der Waals surface area contributed by atoms with Crippen LogP contribution in [0.4, 0.5) is 10.5 Å². The van der Waals surface area contributed by atoms with E-state index in [4.69, 9.17) is 47.4 Å². The lowest BCUT2D eigenvalue weighted by Gasteiger charge is -2.59. The fraction of sp³-hybridized carbons (Fsp3) is 0.590. The molecular weight excluding hydrogens is 1530 g/mol. The first-order valence-electron chi connectivity index (χ1n) is 46.6. The number of hydrogen-bond acceptors (Lipinski definition) is 17. The van der Waals surface area contributed by atoms with Crippen LogP contribution in [0.1, 0.15) is 270 Å². The van der Waals surface area contributed by atoms with Crippen molar-refractivity contribution in [1.29, 1.82) is 0 Å². The van der Waals surface area contributed by atoms with Crippen LogP contribution in [0, 0.1) is 77.9 Å². The Kier molecular flexibility index (Phi) is 32.4. The maximum absolute atomic E-state index is 12.6. The number of aryl methyl sites for hydroxylation is 5. The third-order valence-corrected chi connectivity index (χ3v) is 29.2. The van der Waals surface area contributed by atoms with E-state index in [2.05, 4.69) is 133 Å². The minimum Gasteiger partial charge on any atom is -0.459 e. The molecular formula is C105H140N2O15. The number of unbranched alkanes of at least 4 members (excludes halogenated alkanes) is 2. The van der Waals surface area contributed by atoms with Gasteiger partial charge in [-0.3, -0.25) is 0 Å². The number of piperazine rings is 1. The summed E-state index contributed by atoms with van der Waals surface area (Å²) in [7, 11) is 3.59. The molecule has 0 spiro atoms. The Hall–Kier alpha value is -8.19. The van der Waals surface area contributed by atoms with Gasteiger partial charge in [0.15, 0.2) is 18.5 Å². The molecule has 5 saturated carbocycles. The van der Waals surface area contributed by atoms with Crippen molar-refractivity contribution in [2.24, 2.45) is 64.1 Å². The van der Waals surface area contributed by atoms with Gasteiger partial charge in [0.25, 0.3) is 0 Å². The highest BCUT2D eigenvalue weighted by molar-refractivity contribution is 5.91. The highest BCUT2D eigenvalue weighted by Gasteiger charge is 2.60. The van der Waals surface area contributed by atoms with Gasteiger partial charge in [0.1, 0.15) is 30.5 Å². The topological polar surface area (TPSA) is 184 Å².